The van der Waals surface area contributed by atoms with Crippen molar-refractivity contribution in [2.24, 2.45) is 0 Å². The van der Waals surface area contributed by atoms with Gasteiger partial charge in [0.05, 0.1) is 0 Å². The van der Waals surface area contributed by atoms with Crippen LogP contribution in [-0.4, -0.2) is 19.9 Å². The molecule has 0 aromatic heterocycles. The first-order chi connectivity index (χ1) is 6.36. The molecule has 0 bridgehead atoms. The Hall–Kier alpha value is -1.41. The van der Waals surface area contributed by atoms with Crippen LogP contribution in [0.15, 0.2) is 30.3 Å². The first-order valence-electron chi connectivity index (χ1n) is 4.23. The highest BCUT2D eigenvalue weighted by Crippen LogP contribution is 2.03. The highest BCUT2D eigenvalue weighted by atomic mass is 16.1. The minimum absolute atomic E-state index is 0.714. The zero-order chi connectivity index (χ0) is 9.52. The molecule has 1 aromatic carbocycles. The Balaban J connectivity index is 2.63. The molecule has 0 radical (unpaired) electrons. The number of nitrogens with one attached hydrogen (secondary N) is 1. The summed E-state index contributed by atoms with van der Waals surface area (Å²) in [5, 5.41) is 3.02. The van der Waals surface area contributed by atoms with E-state index in [0.717, 1.165) is 18.4 Å². The minimum Gasteiger partial charge on any atom is -0.316 e. The summed E-state index contributed by atoms with van der Waals surface area (Å²) in [6, 6.07) is 7.48. The number of aldehydes is 1. The molecule has 0 aliphatic rings. The summed E-state index contributed by atoms with van der Waals surface area (Å²) < 4.78 is 0. The van der Waals surface area contributed by atoms with E-state index >= 15 is 0 Å². The lowest BCUT2D eigenvalue weighted by molar-refractivity contribution is 0.112. The van der Waals surface area contributed by atoms with Crippen molar-refractivity contribution in [1.82, 2.24) is 5.32 Å². The number of likely N-dealkylation sites (N-methyl/N-ethyl adjacent to an activating group) is 1. The van der Waals surface area contributed by atoms with Crippen LogP contribution in [-0.2, 0) is 0 Å². The SMILES string of the molecule is CNCC=Cc1ccc(C=O)cc1. The van der Waals surface area contributed by atoms with Crippen molar-refractivity contribution in [2.45, 2.75) is 0 Å². The first-order valence-corrected chi connectivity index (χ1v) is 4.23. The summed E-state index contributed by atoms with van der Waals surface area (Å²) in [5.41, 5.74) is 1.83. The molecular weight excluding hydrogens is 162 g/mol. The second-order valence-corrected chi connectivity index (χ2v) is 2.74. The van der Waals surface area contributed by atoms with Crippen molar-refractivity contribution in [2.75, 3.05) is 13.6 Å². The molecule has 68 valence electrons. The van der Waals surface area contributed by atoms with Crippen molar-refractivity contribution < 1.29 is 4.79 Å². The van der Waals surface area contributed by atoms with E-state index in [1.54, 1.807) is 0 Å². The Morgan fingerprint density at radius 3 is 2.38 bits per heavy atom. The summed E-state index contributed by atoms with van der Waals surface area (Å²) in [7, 11) is 1.90. The molecule has 2 heteroatoms. The van der Waals surface area contributed by atoms with Crippen molar-refractivity contribution in [3.8, 4) is 0 Å². The van der Waals surface area contributed by atoms with Crippen LogP contribution in [0.5, 0.6) is 0 Å². The number of hydrogen-bond donors (Lipinski definition) is 1. The van der Waals surface area contributed by atoms with Crippen LogP contribution >= 0.6 is 0 Å². The van der Waals surface area contributed by atoms with Gasteiger partial charge >= 0.3 is 0 Å². The molecule has 0 aliphatic heterocycles. The molecule has 0 amide bonds. The zero-order valence-corrected chi connectivity index (χ0v) is 7.66. The smallest absolute Gasteiger partial charge is 0.150 e. The van der Waals surface area contributed by atoms with Crippen LogP contribution < -0.4 is 5.32 Å². The standard InChI is InChI=1S/C11H13NO/c1-12-8-2-3-10-4-6-11(9-13)7-5-10/h2-7,9,12H,8H2,1H3. The van der Waals surface area contributed by atoms with Crippen molar-refractivity contribution in [1.29, 1.82) is 0 Å². The fourth-order valence-corrected chi connectivity index (χ4v) is 0.999. The average Bonchev–Trinajstić information content (AvgIpc) is 2.19. The summed E-state index contributed by atoms with van der Waals surface area (Å²) in [6.45, 7) is 0.857. The van der Waals surface area contributed by atoms with Gasteiger partial charge in [-0.2, -0.15) is 0 Å². The number of rotatable bonds is 4. The molecule has 0 heterocycles. The Morgan fingerprint density at radius 1 is 1.23 bits per heavy atom. The largest absolute Gasteiger partial charge is 0.316 e. The fourth-order valence-electron chi connectivity index (χ4n) is 0.999. The second-order valence-electron chi connectivity index (χ2n) is 2.74. The minimum atomic E-state index is 0.714. The third kappa shape index (κ3) is 3.22. The molecular formula is C11H13NO. The maximum atomic E-state index is 10.4. The van der Waals surface area contributed by atoms with Crippen LogP contribution in [0.1, 0.15) is 15.9 Å². The number of carbonyl (C=O) groups is 1. The Bertz CT molecular complexity index is 287. The zero-order valence-electron chi connectivity index (χ0n) is 7.66. The molecule has 1 rings (SSSR count). The van der Waals surface area contributed by atoms with Crippen LogP contribution in [0.25, 0.3) is 6.08 Å². The van der Waals surface area contributed by atoms with Gasteiger partial charge in [-0.05, 0) is 12.6 Å². The predicted molar refractivity (Wildman–Crippen MR) is 54.8 cm³/mol. The van der Waals surface area contributed by atoms with E-state index in [0.29, 0.717) is 5.56 Å². The van der Waals surface area contributed by atoms with E-state index < -0.39 is 0 Å². The molecule has 0 spiro atoms. The molecule has 0 aliphatic carbocycles. The highest BCUT2D eigenvalue weighted by Gasteiger charge is 1.88. The lowest BCUT2D eigenvalue weighted by Gasteiger charge is -1.93. The lowest BCUT2D eigenvalue weighted by Crippen LogP contribution is -2.03. The third-order valence-corrected chi connectivity index (χ3v) is 1.70. The summed E-state index contributed by atoms with van der Waals surface area (Å²) >= 11 is 0. The van der Waals surface area contributed by atoms with E-state index in [-0.39, 0.29) is 0 Å². The van der Waals surface area contributed by atoms with Crippen molar-refractivity contribution in [3.63, 3.8) is 0 Å². The Morgan fingerprint density at radius 2 is 1.85 bits per heavy atom. The Kier molecular flexibility index (Phi) is 3.93. The van der Waals surface area contributed by atoms with E-state index in [1.807, 2.05) is 43.5 Å². The molecule has 0 unspecified atom stereocenters. The maximum Gasteiger partial charge on any atom is 0.150 e. The third-order valence-electron chi connectivity index (χ3n) is 1.70. The van der Waals surface area contributed by atoms with Gasteiger partial charge in [0, 0.05) is 12.1 Å². The van der Waals surface area contributed by atoms with Crippen LogP contribution in [0.3, 0.4) is 0 Å². The monoisotopic (exact) mass is 175 g/mol. The molecule has 1 aromatic rings. The predicted octanol–water partition coefficient (Wildman–Crippen LogP) is 1.73. The summed E-state index contributed by atoms with van der Waals surface area (Å²) in [4.78, 5) is 10.4. The topological polar surface area (TPSA) is 29.1 Å². The molecule has 0 atom stereocenters. The second kappa shape index (κ2) is 5.27. The molecule has 0 saturated carbocycles. The highest BCUT2D eigenvalue weighted by molar-refractivity contribution is 5.75. The first kappa shape index (κ1) is 9.68. The van der Waals surface area contributed by atoms with Gasteiger partial charge in [-0.15, -0.1) is 0 Å². The summed E-state index contributed by atoms with van der Waals surface area (Å²) in [6.07, 6.45) is 4.90. The van der Waals surface area contributed by atoms with Gasteiger partial charge in [-0.1, -0.05) is 36.4 Å². The number of carbonyl (C=O) groups excluding carboxylic acids is 1. The van der Waals surface area contributed by atoms with Gasteiger partial charge in [0.2, 0.25) is 0 Å². The van der Waals surface area contributed by atoms with Gasteiger partial charge in [-0.3, -0.25) is 4.79 Å². The molecule has 0 fully saturated rings. The normalized spacial score (nSPS) is 10.5. The molecule has 2 nitrogen and oxygen atoms in total. The van der Waals surface area contributed by atoms with Crippen LogP contribution in [0.2, 0.25) is 0 Å². The quantitative estimate of drug-likeness (QED) is 0.706. The Labute approximate surface area is 78.3 Å². The van der Waals surface area contributed by atoms with Crippen LogP contribution in [0.4, 0.5) is 0 Å². The van der Waals surface area contributed by atoms with E-state index in [1.165, 1.54) is 0 Å². The van der Waals surface area contributed by atoms with Gasteiger partial charge in [0.15, 0.2) is 0 Å². The molecule has 1 N–H and O–H groups in total. The van der Waals surface area contributed by atoms with Crippen molar-refractivity contribution in [3.05, 3.63) is 41.5 Å². The average molecular weight is 175 g/mol. The molecule has 0 saturated heterocycles. The molecule has 13 heavy (non-hydrogen) atoms. The lowest BCUT2D eigenvalue weighted by atomic mass is 10.1. The maximum absolute atomic E-state index is 10.4. The van der Waals surface area contributed by atoms with E-state index in [2.05, 4.69) is 5.32 Å². The van der Waals surface area contributed by atoms with E-state index in [4.69, 9.17) is 0 Å². The van der Waals surface area contributed by atoms with Gasteiger partial charge < -0.3 is 5.32 Å². The van der Waals surface area contributed by atoms with Gasteiger partial charge in [0.25, 0.3) is 0 Å². The number of benzene rings is 1. The van der Waals surface area contributed by atoms with Crippen LogP contribution in [0, 0.1) is 0 Å². The van der Waals surface area contributed by atoms with Crippen molar-refractivity contribution >= 4 is 12.4 Å². The van der Waals surface area contributed by atoms with E-state index in [9.17, 15) is 4.79 Å². The number of hydrogen-bond acceptors (Lipinski definition) is 2. The fraction of sp³-hybridized carbons (Fsp3) is 0.182. The summed E-state index contributed by atoms with van der Waals surface area (Å²) in [5.74, 6) is 0. The van der Waals surface area contributed by atoms with Gasteiger partial charge in [-0.25, -0.2) is 0 Å². The van der Waals surface area contributed by atoms with Gasteiger partial charge in [0.1, 0.15) is 6.29 Å².